The number of hydrogen-bond donors (Lipinski definition) is 1. The van der Waals surface area contributed by atoms with Gasteiger partial charge in [-0.2, -0.15) is 0 Å². The number of nitrogens with zero attached hydrogens (tertiary/aromatic N) is 5. The monoisotopic (exact) mass is 458 g/mol. The van der Waals surface area contributed by atoms with E-state index in [1.165, 1.54) is 16.1 Å². The summed E-state index contributed by atoms with van der Waals surface area (Å²) in [6.45, 7) is 4.39. The van der Waals surface area contributed by atoms with Crippen LogP contribution in [0, 0.1) is 0 Å². The van der Waals surface area contributed by atoms with Gasteiger partial charge in [-0.05, 0) is 49.2 Å². The van der Waals surface area contributed by atoms with Gasteiger partial charge in [0.25, 0.3) is 0 Å². The van der Waals surface area contributed by atoms with Crippen molar-refractivity contribution in [3.05, 3.63) is 72.2 Å². The first-order chi connectivity index (χ1) is 16.1. The fourth-order valence-electron chi connectivity index (χ4n) is 4.35. The second-order valence-electron chi connectivity index (χ2n) is 8.61. The van der Waals surface area contributed by atoms with Gasteiger partial charge < -0.3 is 19.7 Å². The fourth-order valence-corrected chi connectivity index (χ4v) is 4.91. The molecule has 6 nitrogen and oxygen atoms in total. The van der Waals surface area contributed by atoms with E-state index in [0.29, 0.717) is 6.42 Å². The minimum atomic E-state index is 0.701. The summed E-state index contributed by atoms with van der Waals surface area (Å²) < 4.78 is 2.08. The van der Waals surface area contributed by atoms with Gasteiger partial charge in [-0.1, -0.05) is 24.3 Å². The molecule has 1 N–H and O–H groups in total. The van der Waals surface area contributed by atoms with Crippen LogP contribution in [0.2, 0.25) is 0 Å². The number of aryl methyl sites for hydroxylation is 1. The minimum Gasteiger partial charge on any atom is -0.369 e. The number of nitrogens with one attached hydrogen (secondary N) is 1. The predicted molar refractivity (Wildman–Crippen MR) is 139 cm³/mol. The number of piperazine rings is 1. The summed E-state index contributed by atoms with van der Waals surface area (Å²) in [7, 11) is 4.22. The van der Waals surface area contributed by atoms with Gasteiger partial charge in [0.05, 0.1) is 11.2 Å². The van der Waals surface area contributed by atoms with E-state index in [0.717, 1.165) is 54.5 Å². The number of anilines is 3. The Kier molecular flexibility index (Phi) is 6.24. The molecule has 0 spiro atoms. The van der Waals surface area contributed by atoms with Crippen molar-refractivity contribution < 1.29 is 0 Å². The highest BCUT2D eigenvalue weighted by Gasteiger charge is 2.15. The molecule has 1 fully saturated rings. The Hall–Kier alpha value is -3.03. The third-order valence-electron chi connectivity index (χ3n) is 6.29. The van der Waals surface area contributed by atoms with Crippen LogP contribution < -0.4 is 10.2 Å². The van der Waals surface area contributed by atoms with Gasteiger partial charge in [0.1, 0.15) is 11.3 Å². The molecule has 5 rings (SSSR count). The summed E-state index contributed by atoms with van der Waals surface area (Å²) in [4.78, 5) is 15.8. The summed E-state index contributed by atoms with van der Waals surface area (Å²) in [5.41, 5.74) is 5.55. The van der Waals surface area contributed by atoms with Crippen molar-refractivity contribution >= 4 is 40.0 Å². The lowest BCUT2D eigenvalue weighted by atomic mass is 10.1. The fraction of sp³-hybridized carbons (Fsp3) is 0.308. The van der Waals surface area contributed by atoms with Crippen molar-refractivity contribution in [1.82, 2.24) is 19.4 Å². The molecule has 0 amide bonds. The van der Waals surface area contributed by atoms with Crippen LogP contribution in [0.3, 0.4) is 0 Å². The molecule has 1 saturated heterocycles. The molecule has 0 bridgehead atoms. The van der Waals surface area contributed by atoms with Gasteiger partial charge in [-0.3, -0.25) is 0 Å². The van der Waals surface area contributed by atoms with Gasteiger partial charge >= 0.3 is 0 Å². The van der Waals surface area contributed by atoms with Crippen LogP contribution >= 0.6 is 11.8 Å². The van der Waals surface area contributed by atoms with Gasteiger partial charge in [-0.25, -0.2) is 9.97 Å². The molecule has 0 unspecified atom stereocenters. The molecule has 3 heterocycles. The zero-order chi connectivity index (χ0) is 22.8. The van der Waals surface area contributed by atoms with E-state index in [2.05, 4.69) is 81.5 Å². The van der Waals surface area contributed by atoms with Crippen molar-refractivity contribution in [3.8, 4) is 0 Å². The number of aromatic nitrogens is 3. The standard InChI is InChI=1S/C26H30N6S/c1-30-14-16-32(17-15-30)20-10-8-19(9-11-20)18-24-27-22-12-13-31(2)25(22)26(29-24)28-21-6-4-5-7-23(21)33-3/h4-13H,14-18H2,1-3H3,(H,27,28,29). The number of para-hydroxylation sites is 1. The van der Waals surface area contributed by atoms with E-state index in [4.69, 9.17) is 9.97 Å². The normalized spacial score (nSPS) is 14.7. The van der Waals surface area contributed by atoms with Gasteiger partial charge in [0.15, 0.2) is 5.82 Å². The Morgan fingerprint density at radius 2 is 1.67 bits per heavy atom. The molecule has 0 saturated carbocycles. The Morgan fingerprint density at radius 1 is 0.909 bits per heavy atom. The van der Waals surface area contributed by atoms with Gasteiger partial charge in [0.2, 0.25) is 0 Å². The predicted octanol–water partition coefficient (Wildman–Crippen LogP) is 4.78. The third kappa shape index (κ3) is 4.70. The van der Waals surface area contributed by atoms with Crippen LogP contribution in [0.5, 0.6) is 0 Å². The highest BCUT2D eigenvalue weighted by Crippen LogP contribution is 2.30. The van der Waals surface area contributed by atoms with Crippen molar-refractivity contribution in [2.75, 3.05) is 49.7 Å². The zero-order valence-corrected chi connectivity index (χ0v) is 20.3. The van der Waals surface area contributed by atoms with Crippen molar-refractivity contribution in [3.63, 3.8) is 0 Å². The number of thioether (sulfide) groups is 1. The molecule has 7 heteroatoms. The Bertz CT molecular complexity index is 1240. The number of rotatable bonds is 6. The van der Waals surface area contributed by atoms with Crippen LogP contribution in [0.15, 0.2) is 65.7 Å². The van der Waals surface area contributed by atoms with E-state index >= 15 is 0 Å². The van der Waals surface area contributed by atoms with Crippen LogP contribution in [0.4, 0.5) is 17.2 Å². The first-order valence-corrected chi connectivity index (χ1v) is 12.6. The van der Waals surface area contributed by atoms with Crippen LogP contribution in [-0.4, -0.2) is 58.9 Å². The van der Waals surface area contributed by atoms with E-state index in [1.807, 2.05) is 19.3 Å². The maximum Gasteiger partial charge on any atom is 0.158 e. The molecular weight excluding hydrogens is 428 g/mol. The van der Waals surface area contributed by atoms with Crippen molar-refractivity contribution in [2.24, 2.45) is 7.05 Å². The summed E-state index contributed by atoms with van der Waals surface area (Å²) in [6, 6.07) is 19.3. The first kappa shape index (κ1) is 21.8. The molecule has 33 heavy (non-hydrogen) atoms. The SMILES string of the molecule is CSc1ccccc1Nc1nc(Cc2ccc(N3CCN(C)CC3)cc2)nc2ccn(C)c12. The van der Waals surface area contributed by atoms with Crippen LogP contribution in [0.25, 0.3) is 11.0 Å². The molecule has 0 aliphatic carbocycles. The lowest BCUT2D eigenvalue weighted by Crippen LogP contribution is -2.44. The zero-order valence-electron chi connectivity index (χ0n) is 19.5. The smallest absolute Gasteiger partial charge is 0.158 e. The molecule has 1 aliphatic heterocycles. The van der Waals surface area contributed by atoms with E-state index in [-0.39, 0.29) is 0 Å². The molecule has 0 radical (unpaired) electrons. The summed E-state index contributed by atoms with van der Waals surface area (Å²) in [5, 5.41) is 3.57. The Balaban J connectivity index is 1.41. The first-order valence-electron chi connectivity index (χ1n) is 11.3. The van der Waals surface area contributed by atoms with Gasteiger partial charge in [0, 0.05) is 56.4 Å². The van der Waals surface area contributed by atoms with E-state index < -0.39 is 0 Å². The second kappa shape index (κ2) is 9.45. The minimum absolute atomic E-state index is 0.701. The molecule has 2 aromatic heterocycles. The van der Waals surface area contributed by atoms with Gasteiger partial charge in [-0.15, -0.1) is 11.8 Å². The number of likely N-dealkylation sites (N-methyl/N-ethyl adjacent to an activating group) is 1. The highest BCUT2D eigenvalue weighted by atomic mass is 32.2. The third-order valence-corrected chi connectivity index (χ3v) is 7.09. The number of hydrogen-bond acceptors (Lipinski definition) is 6. The Morgan fingerprint density at radius 3 is 2.42 bits per heavy atom. The van der Waals surface area contributed by atoms with Crippen molar-refractivity contribution in [2.45, 2.75) is 11.3 Å². The van der Waals surface area contributed by atoms with Crippen molar-refractivity contribution in [1.29, 1.82) is 0 Å². The van der Waals surface area contributed by atoms with Crippen LogP contribution in [-0.2, 0) is 13.5 Å². The molecule has 170 valence electrons. The molecule has 4 aromatic rings. The highest BCUT2D eigenvalue weighted by molar-refractivity contribution is 7.98. The van der Waals surface area contributed by atoms with Crippen LogP contribution in [0.1, 0.15) is 11.4 Å². The lowest BCUT2D eigenvalue weighted by molar-refractivity contribution is 0.313. The molecule has 1 aliphatic rings. The maximum atomic E-state index is 4.95. The summed E-state index contributed by atoms with van der Waals surface area (Å²) >= 11 is 1.73. The Labute approximate surface area is 199 Å². The van der Waals surface area contributed by atoms with E-state index in [1.54, 1.807) is 11.8 Å². The topological polar surface area (TPSA) is 49.2 Å². The van der Waals surface area contributed by atoms with E-state index in [9.17, 15) is 0 Å². The molecule has 2 aromatic carbocycles. The average molecular weight is 459 g/mol. The number of benzene rings is 2. The quantitative estimate of drug-likeness (QED) is 0.420. The second-order valence-corrected chi connectivity index (χ2v) is 9.46. The average Bonchev–Trinajstić information content (AvgIpc) is 3.21. The lowest BCUT2D eigenvalue weighted by Gasteiger charge is -2.34. The summed E-state index contributed by atoms with van der Waals surface area (Å²) in [6.07, 6.45) is 4.84. The summed E-state index contributed by atoms with van der Waals surface area (Å²) in [5.74, 6) is 1.67. The number of fused-ring (bicyclic) bond motifs is 1. The molecular formula is C26H30N6S. The largest absolute Gasteiger partial charge is 0.369 e. The maximum absolute atomic E-state index is 4.95. The molecule has 0 atom stereocenters.